The van der Waals surface area contributed by atoms with Gasteiger partial charge in [-0.15, -0.1) is 0 Å². The molecule has 0 aliphatic rings. The highest BCUT2D eigenvalue weighted by molar-refractivity contribution is 7.80. The Labute approximate surface area is 98.1 Å². The van der Waals surface area contributed by atoms with Gasteiger partial charge in [0.15, 0.2) is 0 Å². The number of pyridine rings is 1. The smallest absolute Gasteiger partial charge is 0.269 e. The lowest BCUT2D eigenvalue weighted by molar-refractivity contribution is 0.0948. The summed E-state index contributed by atoms with van der Waals surface area (Å²) in [5.41, 5.74) is 5.49. The Balaban J connectivity index is 2.35. The number of carbonyl (C=O) groups is 1. The van der Waals surface area contributed by atoms with E-state index in [1.165, 1.54) is 12.1 Å². The Kier molecular flexibility index (Phi) is 4.78. The quantitative estimate of drug-likeness (QED) is 0.596. The van der Waals surface area contributed by atoms with Crippen LogP contribution in [0.3, 0.4) is 0 Å². The number of hydrogen-bond donors (Lipinski definition) is 2. The molecule has 0 bridgehead atoms. The zero-order valence-corrected chi connectivity index (χ0v) is 9.39. The highest BCUT2D eigenvalue weighted by atomic mass is 32.1. The Hall–Kier alpha value is -1.56. The molecule has 4 nitrogen and oxygen atoms in total. The summed E-state index contributed by atoms with van der Waals surface area (Å²) in [6.07, 6.45) is 2.28. The van der Waals surface area contributed by atoms with Crippen LogP contribution in [0.15, 0.2) is 18.3 Å². The molecule has 0 radical (unpaired) electrons. The Morgan fingerprint density at radius 3 is 2.88 bits per heavy atom. The van der Waals surface area contributed by atoms with Gasteiger partial charge in [-0.1, -0.05) is 12.2 Å². The van der Waals surface area contributed by atoms with Crippen LogP contribution in [0.4, 0.5) is 4.39 Å². The fourth-order valence-electron chi connectivity index (χ4n) is 1.07. The van der Waals surface area contributed by atoms with Crippen LogP contribution in [-0.2, 0) is 0 Å². The van der Waals surface area contributed by atoms with E-state index in [4.69, 9.17) is 18.0 Å². The van der Waals surface area contributed by atoms with Gasteiger partial charge in [-0.2, -0.15) is 0 Å². The van der Waals surface area contributed by atoms with Gasteiger partial charge >= 0.3 is 0 Å². The summed E-state index contributed by atoms with van der Waals surface area (Å²) in [4.78, 5) is 15.5. The monoisotopic (exact) mass is 241 g/mol. The van der Waals surface area contributed by atoms with Crippen LogP contribution in [0.25, 0.3) is 0 Å². The number of rotatable bonds is 5. The molecule has 0 fully saturated rings. The highest BCUT2D eigenvalue weighted by Crippen LogP contribution is 1.98. The summed E-state index contributed by atoms with van der Waals surface area (Å²) in [6.45, 7) is 0.467. The number of nitrogens with zero attached hydrogens (tertiary/aromatic N) is 1. The van der Waals surface area contributed by atoms with Crippen molar-refractivity contribution in [2.75, 3.05) is 6.54 Å². The van der Waals surface area contributed by atoms with Gasteiger partial charge in [0.2, 0.25) is 0 Å². The van der Waals surface area contributed by atoms with Gasteiger partial charge in [0.1, 0.15) is 11.5 Å². The molecule has 1 amide bonds. The van der Waals surface area contributed by atoms with E-state index in [-0.39, 0.29) is 11.6 Å². The van der Waals surface area contributed by atoms with Crippen molar-refractivity contribution in [3.63, 3.8) is 0 Å². The zero-order valence-electron chi connectivity index (χ0n) is 8.57. The number of aromatic nitrogens is 1. The van der Waals surface area contributed by atoms with Crippen LogP contribution in [-0.4, -0.2) is 22.4 Å². The summed E-state index contributed by atoms with van der Waals surface area (Å²) >= 11 is 4.69. The van der Waals surface area contributed by atoms with Crippen molar-refractivity contribution >= 4 is 23.1 Å². The molecule has 86 valence electrons. The average Bonchev–Trinajstić information content (AvgIpc) is 2.25. The topological polar surface area (TPSA) is 68.0 Å². The molecule has 16 heavy (non-hydrogen) atoms. The molecular formula is C10H12FN3OS. The van der Waals surface area contributed by atoms with Crippen LogP contribution >= 0.6 is 12.2 Å². The Morgan fingerprint density at radius 1 is 1.56 bits per heavy atom. The molecule has 1 aromatic rings. The molecular weight excluding hydrogens is 229 g/mol. The van der Waals surface area contributed by atoms with E-state index in [1.54, 1.807) is 0 Å². The molecule has 0 unspecified atom stereocenters. The van der Waals surface area contributed by atoms with Crippen LogP contribution in [0.2, 0.25) is 0 Å². The SMILES string of the molecule is NC(=S)CCCNC(=O)c1ccc(F)cn1. The number of amides is 1. The van der Waals surface area contributed by atoms with Crippen LogP contribution in [0.5, 0.6) is 0 Å². The molecule has 6 heteroatoms. The van der Waals surface area contributed by atoms with Crippen molar-refractivity contribution in [3.8, 4) is 0 Å². The molecule has 1 aromatic heterocycles. The molecule has 0 aliphatic heterocycles. The molecule has 3 N–H and O–H groups in total. The maximum atomic E-state index is 12.5. The predicted octanol–water partition coefficient (Wildman–Crippen LogP) is 1.02. The number of nitrogens with one attached hydrogen (secondary N) is 1. The summed E-state index contributed by atoms with van der Waals surface area (Å²) in [5, 5.41) is 2.63. The Bertz CT molecular complexity index is 380. The number of nitrogens with two attached hydrogens (primary N) is 1. The first kappa shape index (κ1) is 12.5. The first-order valence-corrected chi connectivity index (χ1v) is 5.18. The Morgan fingerprint density at radius 2 is 2.31 bits per heavy atom. The van der Waals surface area contributed by atoms with Crippen molar-refractivity contribution in [2.24, 2.45) is 5.73 Å². The first-order valence-electron chi connectivity index (χ1n) is 4.77. The van der Waals surface area contributed by atoms with Crippen molar-refractivity contribution < 1.29 is 9.18 Å². The molecule has 0 spiro atoms. The van der Waals surface area contributed by atoms with E-state index < -0.39 is 5.82 Å². The molecule has 1 heterocycles. The largest absolute Gasteiger partial charge is 0.393 e. The second-order valence-corrected chi connectivity index (χ2v) is 3.71. The third kappa shape index (κ3) is 4.31. The van der Waals surface area contributed by atoms with Crippen LogP contribution in [0.1, 0.15) is 23.3 Å². The second kappa shape index (κ2) is 6.12. The van der Waals surface area contributed by atoms with E-state index in [2.05, 4.69) is 10.3 Å². The number of thiocarbonyl (C=S) groups is 1. The number of hydrogen-bond acceptors (Lipinski definition) is 3. The van der Waals surface area contributed by atoms with E-state index >= 15 is 0 Å². The molecule has 1 rings (SSSR count). The lowest BCUT2D eigenvalue weighted by Crippen LogP contribution is -2.26. The van der Waals surface area contributed by atoms with Gasteiger partial charge in [-0.25, -0.2) is 9.37 Å². The van der Waals surface area contributed by atoms with Crippen LogP contribution < -0.4 is 11.1 Å². The summed E-state index contributed by atoms with van der Waals surface area (Å²) in [7, 11) is 0. The standard InChI is InChI=1S/C10H12FN3OS/c11-7-3-4-8(14-6-7)10(15)13-5-1-2-9(12)16/h3-4,6H,1-2,5H2,(H2,12,16)(H,13,15). The predicted molar refractivity (Wildman–Crippen MR) is 62.5 cm³/mol. The minimum absolute atomic E-state index is 0.191. The fraction of sp³-hybridized carbons (Fsp3) is 0.300. The molecule has 0 aromatic carbocycles. The van der Waals surface area contributed by atoms with E-state index in [0.29, 0.717) is 24.4 Å². The van der Waals surface area contributed by atoms with Gasteiger partial charge in [0, 0.05) is 6.54 Å². The van der Waals surface area contributed by atoms with Crippen molar-refractivity contribution in [2.45, 2.75) is 12.8 Å². The van der Waals surface area contributed by atoms with Gasteiger partial charge in [-0.3, -0.25) is 4.79 Å². The van der Waals surface area contributed by atoms with Gasteiger partial charge in [-0.05, 0) is 25.0 Å². The van der Waals surface area contributed by atoms with E-state index in [9.17, 15) is 9.18 Å². The average molecular weight is 241 g/mol. The first-order chi connectivity index (χ1) is 7.59. The second-order valence-electron chi connectivity index (χ2n) is 3.19. The van der Waals surface area contributed by atoms with Crippen molar-refractivity contribution in [3.05, 3.63) is 29.8 Å². The summed E-state index contributed by atoms with van der Waals surface area (Å²) in [5.74, 6) is -0.798. The molecule has 0 saturated heterocycles. The normalized spacial score (nSPS) is 9.81. The van der Waals surface area contributed by atoms with Crippen LogP contribution in [0, 0.1) is 5.82 Å². The number of carbonyl (C=O) groups excluding carboxylic acids is 1. The molecule has 0 atom stereocenters. The van der Waals surface area contributed by atoms with Crippen molar-refractivity contribution in [1.82, 2.24) is 10.3 Å². The lowest BCUT2D eigenvalue weighted by atomic mass is 10.3. The molecule has 0 saturated carbocycles. The van der Waals surface area contributed by atoms with E-state index in [1.807, 2.05) is 0 Å². The third-order valence-corrected chi connectivity index (χ3v) is 2.05. The van der Waals surface area contributed by atoms with Crippen molar-refractivity contribution in [1.29, 1.82) is 0 Å². The zero-order chi connectivity index (χ0) is 12.0. The third-order valence-electron chi connectivity index (χ3n) is 1.85. The number of halogens is 1. The lowest BCUT2D eigenvalue weighted by Gasteiger charge is -2.03. The molecule has 0 aliphatic carbocycles. The summed E-state index contributed by atoms with van der Waals surface area (Å²) in [6, 6.07) is 2.52. The van der Waals surface area contributed by atoms with Gasteiger partial charge < -0.3 is 11.1 Å². The van der Waals surface area contributed by atoms with E-state index in [0.717, 1.165) is 6.20 Å². The summed E-state index contributed by atoms with van der Waals surface area (Å²) < 4.78 is 12.5. The minimum Gasteiger partial charge on any atom is -0.393 e. The minimum atomic E-state index is -0.468. The maximum absolute atomic E-state index is 12.5. The highest BCUT2D eigenvalue weighted by Gasteiger charge is 2.05. The maximum Gasteiger partial charge on any atom is 0.269 e. The van der Waals surface area contributed by atoms with Gasteiger partial charge in [0.25, 0.3) is 5.91 Å². The fourth-order valence-corrected chi connectivity index (χ4v) is 1.21. The van der Waals surface area contributed by atoms with Gasteiger partial charge in [0.05, 0.1) is 11.2 Å².